The minimum Gasteiger partial charge on any atom is -0.387 e. The van der Waals surface area contributed by atoms with Crippen molar-refractivity contribution in [1.29, 1.82) is 5.26 Å². The average molecular weight is 417 g/mol. The maximum absolute atomic E-state index is 12.8. The van der Waals surface area contributed by atoms with E-state index in [9.17, 15) is 10.1 Å². The average Bonchev–Trinajstić information content (AvgIpc) is 2.81. The fourth-order valence-electron chi connectivity index (χ4n) is 4.03. The van der Waals surface area contributed by atoms with Gasteiger partial charge in [0.1, 0.15) is 11.6 Å². The molecule has 1 fully saturated rings. The third kappa shape index (κ3) is 6.19. The fraction of sp³-hybridized carbons (Fsp3) is 0.385. The van der Waals surface area contributed by atoms with Gasteiger partial charge in [-0.05, 0) is 42.4 Å². The molecular formula is C26H32N4O. The summed E-state index contributed by atoms with van der Waals surface area (Å²) in [6.45, 7) is 7.09. The predicted octanol–water partition coefficient (Wildman–Crippen LogP) is 4.41. The van der Waals surface area contributed by atoms with Gasteiger partial charge in [-0.1, -0.05) is 62.4 Å². The number of nitrogens with one attached hydrogen (secondary N) is 2. The summed E-state index contributed by atoms with van der Waals surface area (Å²) in [5.74, 6) is -0.355. The zero-order valence-electron chi connectivity index (χ0n) is 18.5. The Kier molecular flexibility index (Phi) is 8.26. The van der Waals surface area contributed by atoms with Gasteiger partial charge in [-0.15, -0.1) is 0 Å². The number of likely N-dealkylation sites (tertiary alicyclic amines) is 1. The molecule has 0 spiro atoms. The first-order valence-corrected chi connectivity index (χ1v) is 11.2. The van der Waals surface area contributed by atoms with E-state index in [1.54, 1.807) is 6.20 Å². The third-order valence-electron chi connectivity index (χ3n) is 5.90. The van der Waals surface area contributed by atoms with Crippen LogP contribution in [-0.4, -0.2) is 29.9 Å². The van der Waals surface area contributed by atoms with Crippen molar-refractivity contribution < 1.29 is 4.79 Å². The van der Waals surface area contributed by atoms with Gasteiger partial charge >= 0.3 is 0 Å². The van der Waals surface area contributed by atoms with Gasteiger partial charge < -0.3 is 10.6 Å². The van der Waals surface area contributed by atoms with Crippen LogP contribution in [0.3, 0.4) is 0 Å². The van der Waals surface area contributed by atoms with Crippen molar-refractivity contribution in [1.82, 2.24) is 10.2 Å². The zero-order chi connectivity index (χ0) is 22.1. The molecule has 1 aliphatic rings. The van der Waals surface area contributed by atoms with E-state index in [2.05, 4.69) is 59.7 Å². The number of aryl methyl sites for hydroxylation is 2. The molecule has 1 aliphatic heterocycles. The van der Waals surface area contributed by atoms with Crippen LogP contribution in [0.5, 0.6) is 0 Å². The van der Waals surface area contributed by atoms with E-state index in [0.29, 0.717) is 0 Å². The lowest BCUT2D eigenvalue weighted by Crippen LogP contribution is -2.40. The first-order valence-electron chi connectivity index (χ1n) is 11.2. The molecule has 0 aromatic heterocycles. The molecule has 1 amide bonds. The van der Waals surface area contributed by atoms with E-state index in [4.69, 9.17) is 0 Å². The maximum Gasteiger partial charge on any atom is 0.267 e. The van der Waals surface area contributed by atoms with Crippen molar-refractivity contribution in [2.45, 2.75) is 52.1 Å². The molecule has 0 saturated carbocycles. The van der Waals surface area contributed by atoms with Gasteiger partial charge in [0.05, 0.1) is 0 Å². The zero-order valence-corrected chi connectivity index (χ0v) is 18.5. The summed E-state index contributed by atoms with van der Waals surface area (Å²) in [7, 11) is 0. The minimum atomic E-state index is -0.355. The van der Waals surface area contributed by atoms with E-state index in [1.807, 2.05) is 24.3 Å². The van der Waals surface area contributed by atoms with Crippen LogP contribution in [0, 0.1) is 11.3 Å². The predicted molar refractivity (Wildman–Crippen MR) is 125 cm³/mol. The number of hydrogen-bond acceptors (Lipinski definition) is 4. The highest BCUT2D eigenvalue weighted by atomic mass is 16.1. The number of rotatable bonds is 8. The second-order valence-electron chi connectivity index (χ2n) is 7.98. The highest BCUT2D eigenvalue weighted by molar-refractivity contribution is 6.07. The summed E-state index contributed by atoms with van der Waals surface area (Å²) in [6, 6.07) is 18.9. The molecule has 0 atom stereocenters. The third-order valence-corrected chi connectivity index (χ3v) is 5.90. The van der Waals surface area contributed by atoms with Gasteiger partial charge in [0.25, 0.3) is 5.91 Å². The second-order valence-corrected chi connectivity index (χ2v) is 7.98. The summed E-state index contributed by atoms with van der Waals surface area (Å²) >= 11 is 0. The SMILES string of the molecule is CCc1cccc(CC)c1NC(=O)/C(C#N)=C\NC1CCN(Cc2ccccc2)CC1. The Bertz CT molecular complexity index is 915. The Morgan fingerprint density at radius 3 is 2.29 bits per heavy atom. The Labute approximate surface area is 185 Å². The molecule has 3 rings (SSSR count). The second kappa shape index (κ2) is 11.3. The number of piperidine rings is 1. The molecule has 0 unspecified atom stereocenters. The lowest BCUT2D eigenvalue weighted by molar-refractivity contribution is -0.112. The summed E-state index contributed by atoms with van der Waals surface area (Å²) in [6.07, 6.45) is 5.22. The summed E-state index contributed by atoms with van der Waals surface area (Å²) < 4.78 is 0. The molecule has 0 radical (unpaired) electrons. The number of nitrogens with zero attached hydrogens (tertiary/aromatic N) is 2. The Morgan fingerprint density at radius 2 is 1.71 bits per heavy atom. The highest BCUT2D eigenvalue weighted by Crippen LogP contribution is 2.23. The van der Waals surface area contributed by atoms with E-state index < -0.39 is 0 Å². The molecule has 5 nitrogen and oxygen atoms in total. The fourth-order valence-corrected chi connectivity index (χ4v) is 4.03. The molecule has 1 heterocycles. The van der Waals surface area contributed by atoms with Crippen molar-refractivity contribution in [2.24, 2.45) is 0 Å². The van der Waals surface area contributed by atoms with Crippen LogP contribution in [0.25, 0.3) is 0 Å². The minimum absolute atomic E-state index is 0.111. The topological polar surface area (TPSA) is 68.2 Å². The first kappa shape index (κ1) is 22.6. The van der Waals surface area contributed by atoms with Gasteiger partial charge in [0, 0.05) is 37.6 Å². The Balaban J connectivity index is 1.55. The molecule has 2 N–H and O–H groups in total. The molecule has 31 heavy (non-hydrogen) atoms. The van der Waals surface area contributed by atoms with Crippen molar-refractivity contribution in [3.63, 3.8) is 0 Å². The smallest absolute Gasteiger partial charge is 0.267 e. The van der Waals surface area contributed by atoms with Crippen molar-refractivity contribution >= 4 is 11.6 Å². The highest BCUT2D eigenvalue weighted by Gasteiger charge is 2.19. The molecule has 162 valence electrons. The maximum atomic E-state index is 12.8. The van der Waals surface area contributed by atoms with Gasteiger partial charge in [0.15, 0.2) is 0 Å². The van der Waals surface area contributed by atoms with E-state index in [-0.39, 0.29) is 17.5 Å². The van der Waals surface area contributed by atoms with E-state index in [0.717, 1.165) is 62.1 Å². The first-order chi connectivity index (χ1) is 15.1. The molecule has 2 aromatic carbocycles. The largest absolute Gasteiger partial charge is 0.387 e. The Morgan fingerprint density at radius 1 is 1.06 bits per heavy atom. The summed E-state index contributed by atoms with van der Waals surface area (Å²) in [5, 5.41) is 15.8. The number of nitriles is 1. The number of para-hydroxylation sites is 1. The van der Waals surface area contributed by atoms with Crippen LogP contribution >= 0.6 is 0 Å². The number of amides is 1. The summed E-state index contributed by atoms with van der Waals surface area (Å²) in [4.78, 5) is 15.2. The van der Waals surface area contributed by atoms with Crippen LogP contribution in [0.2, 0.25) is 0 Å². The molecule has 5 heteroatoms. The number of benzene rings is 2. The van der Waals surface area contributed by atoms with Gasteiger partial charge in [-0.2, -0.15) is 5.26 Å². The van der Waals surface area contributed by atoms with Gasteiger partial charge in [0.2, 0.25) is 0 Å². The van der Waals surface area contributed by atoms with Gasteiger partial charge in [-0.3, -0.25) is 9.69 Å². The van der Waals surface area contributed by atoms with Crippen LogP contribution in [0.4, 0.5) is 5.69 Å². The molecule has 1 saturated heterocycles. The normalized spacial score (nSPS) is 15.3. The lowest BCUT2D eigenvalue weighted by atomic mass is 10.0. The monoisotopic (exact) mass is 416 g/mol. The Hall–Kier alpha value is -3.10. The van der Waals surface area contributed by atoms with E-state index >= 15 is 0 Å². The lowest BCUT2D eigenvalue weighted by Gasteiger charge is -2.32. The summed E-state index contributed by atoms with van der Waals surface area (Å²) in [5.41, 5.74) is 4.45. The van der Waals surface area contributed by atoms with Crippen LogP contribution < -0.4 is 10.6 Å². The standard InChI is InChI=1S/C26H32N4O/c1-3-21-11-8-12-22(4-2)25(21)29-26(31)23(17-27)18-28-24-13-15-30(16-14-24)19-20-9-6-5-7-10-20/h5-12,18,24,28H,3-4,13-16,19H2,1-2H3,(H,29,31)/b23-18-. The number of carbonyl (C=O) groups is 1. The quantitative estimate of drug-likeness (QED) is 0.494. The van der Waals surface area contributed by atoms with Crippen molar-refractivity contribution in [3.05, 3.63) is 77.0 Å². The number of carbonyl (C=O) groups excluding carboxylic acids is 1. The van der Waals surface area contributed by atoms with Crippen LogP contribution in [0.1, 0.15) is 43.4 Å². The van der Waals surface area contributed by atoms with Crippen molar-refractivity contribution in [3.8, 4) is 6.07 Å². The van der Waals surface area contributed by atoms with Gasteiger partial charge in [-0.25, -0.2) is 0 Å². The number of hydrogen-bond donors (Lipinski definition) is 2. The molecule has 2 aromatic rings. The van der Waals surface area contributed by atoms with Crippen LogP contribution in [-0.2, 0) is 24.2 Å². The molecular weight excluding hydrogens is 384 g/mol. The van der Waals surface area contributed by atoms with E-state index in [1.165, 1.54) is 5.56 Å². The van der Waals surface area contributed by atoms with Crippen molar-refractivity contribution in [2.75, 3.05) is 18.4 Å². The molecule has 0 aliphatic carbocycles. The van der Waals surface area contributed by atoms with Crippen LogP contribution in [0.15, 0.2) is 60.3 Å². The number of anilines is 1. The molecule has 0 bridgehead atoms.